The maximum Gasteiger partial charge on any atom is 0.430 e. The molecule has 2 heterocycles. The molecule has 41 heavy (non-hydrogen) atoms. The number of piperidine rings is 2. The number of amides is 1. The van der Waals surface area contributed by atoms with Gasteiger partial charge < -0.3 is 20.0 Å². The number of rotatable bonds is 7. The monoisotopic (exact) mass is 592 g/mol. The van der Waals surface area contributed by atoms with Crippen molar-refractivity contribution in [1.82, 2.24) is 9.80 Å². The number of hydrogen-bond donors (Lipinski definition) is 2. The average molecular weight is 593 g/mol. The van der Waals surface area contributed by atoms with E-state index in [0.29, 0.717) is 29.3 Å². The molecular formula is C30H36ClF3N4O3. The van der Waals surface area contributed by atoms with E-state index >= 15 is 0 Å². The van der Waals surface area contributed by atoms with Crippen molar-refractivity contribution in [2.24, 2.45) is 11.8 Å². The Bertz CT molecular complexity index is 1270. The van der Waals surface area contributed by atoms with Crippen LogP contribution >= 0.6 is 11.6 Å². The van der Waals surface area contributed by atoms with Gasteiger partial charge in [0.25, 0.3) is 11.5 Å². The van der Waals surface area contributed by atoms with Crippen molar-refractivity contribution in [3.8, 4) is 6.07 Å². The number of hydrogen-bond acceptors (Lipinski definition) is 6. The van der Waals surface area contributed by atoms with E-state index in [4.69, 9.17) is 16.9 Å². The highest BCUT2D eigenvalue weighted by Gasteiger charge is 2.62. The lowest BCUT2D eigenvalue weighted by atomic mass is 9.82. The summed E-state index contributed by atoms with van der Waals surface area (Å²) in [5, 5.41) is 30.6. The van der Waals surface area contributed by atoms with Gasteiger partial charge in [-0.05, 0) is 82.3 Å². The van der Waals surface area contributed by atoms with Crippen molar-refractivity contribution in [2.45, 2.75) is 50.1 Å². The minimum Gasteiger partial charge on any atom is -0.374 e. The van der Waals surface area contributed by atoms with E-state index in [1.165, 1.54) is 12.1 Å². The van der Waals surface area contributed by atoms with Gasteiger partial charge in [-0.1, -0.05) is 29.8 Å². The first-order chi connectivity index (χ1) is 19.3. The van der Waals surface area contributed by atoms with Gasteiger partial charge in [0.2, 0.25) is 0 Å². The first-order valence-electron chi connectivity index (χ1n) is 13.8. The SMILES string of the molecule is CN(C)C(O)c1ccc(N2CCC(CC3CCN(C(=O)C(O)(c4cccc(C#N)c4)C(F)(F)F)CC3)CC2)cc1Cl. The van der Waals surface area contributed by atoms with Crippen LogP contribution in [0.4, 0.5) is 18.9 Å². The molecule has 2 aliphatic heterocycles. The van der Waals surface area contributed by atoms with Crippen molar-refractivity contribution in [3.05, 3.63) is 64.2 Å². The fourth-order valence-corrected chi connectivity index (χ4v) is 6.19. The Hall–Kier alpha value is -2.84. The molecule has 2 aliphatic rings. The summed E-state index contributed by atoms with van der Waals surface area (Å²) in [5.74, 6) is -0.628. The lowest BCUT2D eigenvalue weighted by Gasteiger charge is -2.40. The van der Waals surface area contributed by atoms with Crippen molar-refractivity contribution in [1.29, 1.82) is 5.26 Å². The third-order valence-electron chi connectivity index (χ3n) is 8.43. The van der Waals surface area contributed by atoms with Crippen LogP contribution in [0, 0.1) is 23.2 Å². The first kappa shape index (κ1) is 31.1. The van der Waals surface area contributed by atoms with E-state index in [9.17, 15) is 28.2 Å². The van der Waals surface area contributed by atoms with Gasteiger partial charge in [-0.15, -0.1) is 0 Å². The van der Waals surface area contributed by atoms with Crippen molar-refractivity contribution in [2.75, 3.05) is 45.2 Å². The molecule has 0 aliphatic carbocycles. The van der Waals surface area contributed by atoms with E-state index < -0.39 is 29.5 Å². The molecule has 2 fully saturated rings. The molecule has 2 atom stereocenters. The molecule has 0 bridgehead atoms. The lowest BCUT2D eigenvalue weighted by molar-refractivity contribution is -0.262. The Morgan fingerprint density at radius 1 is 1.07 bits per heavy atom. The average Bonchev–Trinajstić information content (AvgIpc) is 2.96. The lowest BCUT2D eigenvalue weighted by Crippen LogP contribution is -2.57. The fraction of sp³-hybridized carbons (Fsp3) is 0.533. The molecule has 2 N–H and O–H groups in total. The van der Waals surface area contributed by atoms with Crippen LogP contribution in [0.15, 0.2) is 42.5 Å². The van der Waals surface area contributed by atoms with Crippen LogP contribution in [0.25, 0.3) is 0 Å². The van der Waals surface area contributed by atoms with Gasteiger partial charge in [-0.25, -0.2) is 0 Å². The van der Waals surface area contributed by atoms with Crippen LogP contribution in [-0.2, 0) is 10.4 Å². The van der Waals surface area contributed by atoms with Gasteiger partial charge in [0, 0.05) is 48.0 Å². The van der Waals surface area contributed by atoms with Gasteiger partial charge in [-0.3, -0.25) is 9.69 Å². The minimum atomic E-state index is -5.24. The topological polar surface area (TPSA) is 91.0 Å². The van der Waals surface area contributed by atoms with Crippen molar-refractivity contribution < 1.29 is 28.2 Å². The number of carbonyl (C=O) groups is 1. The van der Waals surface area contributed by atoms with Crippen LogP contribution < -0.4 is 4.90 Å². The van der Waals surface area contributed by atoms with Gasteiger partial charge in [0.05, 0.1) is 11.6 Å². The third kappa shape index (κ3) is 6.64. The van der Waals surface area contributed by atoms with Crippen LogP contribution in [0.5, 0.6) is 0 Å². The molecule has 1 amide bonds. The molecule has 0 aromatic heterocycles. The maximum absolute atomic E-state index is 14.1. The summed E-state index contributed by atoms with van der Waals surface area (Å²) >= 11 is 6.45. The van der Waals surface area contributed by atoms with Gasteiger partial charge in [-0.2, -0.15) is 18.4 Å². The number of carbonyl (C=O) groups excluding carboxylic acids is 1. The summed E-state index contributed by atoms with van der Waals surface area (Å²) in [5.41, 5.74) is -2.75. The highest BCUT2D eigenvalue weighted by Crippen LogP contribution is 2.42. The van der Waals surface area contributed by atoms with Crippen LogP contribution in [0.1, 0.15) is 55.0 Å². The molecule has 2 unspecified atom stereocenters. The summed E-state index contributed by atoms with van der Waals surface area (Å²) < 4.78 is 42.2. The second kappa shape index (κ2) is 12.6. The Kier molecular flexibility index (Phi) is 9.54. The largest absolute Gasteiger partial charge is 0.430 e. The molecular weight excluding hydrogens is 557 g/mol. The predicted molar refractivity (Wildman–Crippen MR) is 150 cm³/mol. The number of alkyl halides is 3. The first-order valence-corrected chi connectivity index (χ1v) is 14.2. The number of nitriles is 1. The predicted octanol–water partition coefficient (Wildman–Crippen LogP) is 5.06. The number of anilines is 1. The zero-order chi connectivity index (χ0) is 29.9. The summed E-state index contributed by atoms with van der Waals surface area (Å²) in [6.45, 7) is 1.99. The van der Waals surface area contributed by atoms with Gasteiger partial charge in [0.1, 0.15) is 6.23 Å². The van der Waals surface area contributed by atoms with E-state index in [1.807, 2.05) is 18.2 Å². The number of benzene rings is 2. The van der Waals surface area contributed by atoms with Gasteiger partial charge in [0.15, 0.2) is 0 Å². The Labute approximate surface area is 243 Å². The standard InChI is InChI=1S/C30H36ClF3N4O3/c1-36(2)27(39)25-7-6-24(18-26(25)31)37-12-8-20(9-13-37)16-21-10-14-38(15-11-21)28(40)29(41,30(32,33)34)23-5-3-4-22(17-23)19-35/h3-7,17-18,20-21,27,39,41H,8-16H2,1-2H3. The molecule has 7 nitrogen and oxygen atoms in total. The summed E-state index contributed by atoms with van der Waals surface area (Å²) in [6, 6.07) is 12.0. The molecule has 222 valence electrons. The molecule has 0 saturated carbocycles. The highest BCUT2D eigenvalue weighted by molar-refractivity contribution is 6.31. The molecule has 2 aromatic carbocycles. The zero-order valence-corrected chi connectivity index (χ0v) is 24.0. The van der Waals surface area contributed by atoms with Gasteiger partial charge >= 0.3 is 6.18 Å². The van der Waals surface area contributed by atoms with Crippen LogP contribution in [-0.4, -0.2) is 72.4 Å². The normalized spacial score (nSPS) is 19.6. The molecule has 4 rings (SSSR count). The zero-order valence-electron chi connectivity index (χ0n) is 23.2. The molecule has 0 radical (unpaired) electrons. The fourth-order valence-electron chi connectivity index (χ4n) is 5.92. The molecule has 2 aromatic rings. The second-order valence-electron chi connectivity index (χ2n) is 11.3. The van der Waals surface area contributed by atoms with E-state index in [2.05, 4.69) is 4.90 Å². The Morgan fingerprint density at radius 2 is 1.68 bits per heavy atom. The summed E-state index contributed by atoms with van der Waals surface area (Å²) in [6.07, 6.45) is -1.98. The van der Waals surface area contributed by atoms with Crippen LogP contribution in [0.2, 0.25) is 5.02 Å². The van der Waals surface area contributed by atoms with Crippen molar-refractivity contribution >= 4 is 23.2 Å². The molecule has 11 heteroatoms. The molecule has 2 saturated heterocycles. The summed E-state index contributed by atoms with van der Waals surface area (Å²) in [4.78, 5) is 18.1. The quantitative estimate of drug-likeness (QED) is 0.437. The second-order valence-corrected chi connectivity index (χ2v) is 11.8. The van der Waals surface area contributed by atoms with Crippen LogP contribution in [0.3, 0.4) is 0 Å². The number of aliphatic hydroxyl groups excluding tert-OH is 1. The number of aliphatic hydroxyl groups is 2. The number of halogens is 4. The summed E-state index contributed by atoms with van der Waals surface area (Å²) in [7, 11) is 3.56. The number of nitrogens with zero attached hydrogens (tertiary/aromatic N) is 4. The smallest absolute Gasteiger partial charge is 0.374 e. The highest BCUT2D eigenvalue weighted by atomic mass is 35.5. The molecule has 0 spiro atoms. The third-order valence-corrected chi connectivity index (χ3v) is 8.76. The van der Waals surface area contributed by atoms with E-state index in [-0.39, 0.29) is 24.6 Å². The Morgan fingerprint density at radius 3 is 2.22 bits per heavy atom. The number of likely N-dealkylation sites (tertiary alicyclic amines) is 1. The van der Waals surface area contributed by atoms with Crippen molar-refractivity contribution in [3.63, 3.8) is 0 Å². The Balaban J connectivity index is 1.31. The minimum absolute atomic E-state index is 0.0639. The van der Waals surface area contributed by atoms with E-state index in [1.54, 1.807) is 25.1 Å². The van der Waals surface area contributed by atoms with E-state index in [0.717, 1.165) is 55.1 Å². The maximum atomic E-state index is 14.1.